The standard InChI is InChI=1S/C20H16F2N6O2/c21-18(22)10-24-15-3-1-12(7-14(15)9-23)19-26-27-20(30-19)13-2-4-17-16(8-13)25-11-28(17)5-6-29/h1-4,7-8,11,18,24,29H,5-6,10H2. The number of anilines is 1. The van der Waals surface area contributed by atoms with Crippen molar-refractivity contribution >= 4 is 16.7 Å². The number of aliphatic hydroxyl groups excluding tert-OH is 1. The molecule has 0 unspecified atom stereocenters. The number of nitrogens with one attached hydrogen (secondary N) is 1. The molecule has 2 aromatic heterocycles. The van der Waals surface area contributed by atoms with Gasteiger partial charge in [-0.25, -0.2) is 13.8 Å². The summed E-state index contributed by atoms with van der Waals surface area (Å²) in [7, 11) is 0. The summed E-state index contributed by atoms with van der Waals surface area (Å²) >= 11 is 0. The molecule has 0 bridgehead atoms. The van der Waals surface area contributed by atoms with E-state index in [2.05, 4.69) is 20.5 Å². The number of nitriles is 1. The zero-order chi connectivity index (χ0) is 21.1. The van der Waals surface area contributed by atoms with Gasteiger partial charge in [-0.05, 0) is 36.4 Å². The van der Waals surface area contributed by atoms with E-state index in [1.165, 1.54) is 12.1 Å². The van der Waals surface area contributed by atoms with E-state index in [9.17, 15) is 14.0 Å². The van der Waals surface area contributed by atoms with Crippen LogP contribution in [-0.2, 0) is 6.54 Å². The molecule has 0 aliphatic carbocycles. The molecule has 0 aliphatic rings. The molecule has 2 heterocycles. The Balaban J connectivity index is 1.61. The van der Waals surface area contributed by atoms with Crippen LogP contribution in [0.2, 0.25) is 0 Å². The number of rotatable bonds is 7. The van der Waals surface area contributed by atoms with Crippen LogP contribution in [0.15, 0.2) is 47.1 Å². The average molecular weight is 410 g/mol. The molecule has 2 aromatic carbocycles. The van der Waals surface area contributed by atoms with Crippen LogP contribution in [0.4, 0.5) is 14.5 Å². The minimum absolute atomic E-state index is 0.0152. The lowest BCUT2D eigenvalue weighted by atomic mass is 10.1. The van der Waals surface area contributed by atoms with Gasteiger partial charge in [-0.3, -0.25) is 0 Å². The molecule has 0 saturated heterocycles. The second-order valence-electron chi connectivity index (χ2n) is 6.42. The van der Waals surface area contributed by atoms with E-state index < -0.39 is 13.0 Å². The van der Waals surface area contributed by atoms with Gasteiger partial charge >= 0.3 is 0 Å². The maximum absolute atomic E-state index is 12.4. The van der Waals surface area contributed by atoms with E-state index in [-0.39, 0.29) is 24.0 Å². The molecule has 0 atom stereocenters. The number of aliphatic hydroxyl groups is 1. The number of halogens is 2. The SMILES string of the molecule is N#Cc1cc(-c2nnc(-c3ccc4c(c3)ncn4CCO)o2)ccc1NCC(F)F. The Labute approximate surface area is 169 Å². The third-order valence-corrected chi connectivity index (χ3v) is 4.47. The van der Waals surface area contributed by atoms with Gasteiger partial charge in [0.1, 0.15) is 6.07 Å². The van der Waals surface area contributed by atoms with Crippen LogP contribution in [0, 0.1) is 11.3 Å². The van der Waals surface area contributed by atoms with Crippen LogP contribution in [0.1, 0.15) is 5.56 Å². The van der Waals surface area contributed by atoms with E-state index in [0.717, 1.165) is 11.0 Å². The normalized spacial score (nSPS) is 11.2. The minimum atomic E-state index is -2.53. The van der Waals surface area contributed by atoms with Gasteiger partial charge in [-0.2, -0.15) is 5.26 Å². The Hall–Kier alpha value is -3.84. The molecular formula is C20H16F2N6O2. The van der Waals surface area contributed by atoms with Gasteiger partial charge in [0.2, 0.25) is 11.8 Å². The smallest absolute Gasteiger partial charge is 0.255 e. The predicted molar refractivity (Wildman–Crippen MR) is 105 cm³/mol. The third-order valence-electron chi connectivity index (χ3n) is 4.47. The van der Waals surface area contributed by atoms with Gasteiger partial charge in [0.15, 0.2) is 0 Å². The Kier molecular flexibility index (Phi) is 5.36. The zero-order valence-corrected chi connectivity index (χ0v) is 15.6. The first-order valence-corrected chi connectivity index (χ1v) is 9.05. The van der Waals surface area contributed by atoms with Crippen LogP contribution in [0.25, 0.3) is 33.9 Å². The van der Waals surface area contributed by atoms with Crippen molar-refractivity contribution in [1.82, 2.24) is 19.7 Å². The van der Waals surface area contributed by atoms with E-state index in [0.29, 0.717) is 23.4 Å². The molecule has 10 heteroatoms. The average Bonchev–Trinajstić information content (AvgIpc) is 3.40. The summed E-state index contributed by atoms with van der Waals surface area (Å²) in [5, 5.41) is 29.1. The van der Waals surface area contributed by atoms with E-state index in [1.54, 1.807) is 18.5 Å². The molecule has 0 amide bonds. The van der Waals surface area contributed by atoms with Crippen molar-refractivity contribution in [2.24, 2.45) is 0 Å². The Morgan fingerprint density at radius 3 is 2.57 bits per heavy atom. The second-order valence-corrected chi connectivity index (χ2v) is 6.42. The summed E-state index contributed by atoms with van der Waals surface area (Å²) in [5.41, 5.74) is 3.28. The Morgan fingerprint density at radius 1 is 1.13 bits per heavy atom. The lowest BCUT2D eigenvalue weighted by Crippen LogP contribution is -2.11. The number of hydrogen-bond donors (Lipinski definition) is 2. The first-order valence-electron chi connectivity index (χ1n) is 9.05. The number of aromatic nitrogens is 4. The summed E-state index contributed by atoms with van der Waals surface area (Å²) in [4.78, 5) is 4.32. The predicted octanol–water partition coefficient (Wildman–Crippen LogP) is 3.29. The van der Waals surface area contributed by atoms with E-state index in [1.807, 2.05) is 22.8 Å². The minimum Gasteiger partial charge on any atom is -0.416 e. The molecule has 0 aliphatic heterocycles. The second kappa shape index (κ2) is 8.26. The van der Waals surface area contributed by atoms with Crippen LogP contribution in [0.5, 0.6) is 0 Å². The Morgan fingerprint density at radius 2 is 1.87 bits per heavy atom. The zero-order valence-electron chi connectivity index (χ0n) is 15.6. The summed E-state index contributed by atoms with van der Waals surface area (Å²) in [6, 6.07) is 12.1. The molecular weight excluding hydrogens is 394 g/mol. The maximum Gasteiger partial charge on any atom is 0.255 e. The van der Waals surface area contributed by atoms with Crippen LogP contribution >= 0.6 is 0 Å². The van der Waals surface area contributed by atoms with Crippen LogP contribution in [-0.4, -0.2) is 44.4 Å². The summed E-state index contributed by atoms with van der Waals surface area (Å²) in [5.74, 6) is 0.481. The highest BCUT2D eigenvalue weighted by Gasteiger charge is 2.14. The number of alkyl halides is 2. The quantitative estimate of drug-likeness (QED) is 0.481. The fourth-order valence-electron chi connectivity index (χ4n) is 3.05. The van der Waals surface area contributed by atoms with E-state index >= 15 is 0 Å². The molecule has 30 heavy (non-hydrogen) atoms. The van der Waals surface area contributed by atoms with Gasteiger partial charge in [-0.15, -0.1) is 10.2 Å². The molecule has 0 radical (unpaired) electrons. The molecule has 4 aromatic rings. The molecule has 152 valence electrons. The number of hydrogen-bond acceptors (Lipinski definition) is 7. The fourth-order valence-corrected chi connectivity index (χ4v) is 3.05. The first kappa shape index (κ1) is 19.5. The molecule has 8 nitrogen and oxygen atoms in total. The molecule has 2 N–H and O–H groups in total. The number of nitrogens with zero attached hydrogens (tertiary/aromatic N) is 5. The van der Waals surface area contributed by atoms with Crippen molar-refractivity contribution < 1.29 is 18.3 Å². The van der Waals surface area contributed by atoms with Gasteiger partial charge in [0.05, 0.1) is 41.8 Å². The van der Waals surface area contributed by atoms with Gasteiger partial charge in [0, 0.05) is 17.7 Å². The largest absolute Gasteiger partial charge is 0.416 e. The monoisotopic (exact) mass is 410 g/mol. The van der Waals surface area contributed by atoms with Gasteiger partial charge in [0.25, 0.3) is 6.43 Å². The highest BCUT2D eigenvalue weighted by Crippen LogP contribution is 2.28. The van der Waals surface area contributed by atoms with Gasteiger partial charge < -0.3 is 19.4 Å². The number of imidazole rings is 1. The number of benzene rings is 2. The maximum atomic E-state index is 12.4. The third kappa shape index (κ3) is 3.83. The fraction of sp³-hybridized carbons (Fsp3) is 0.200. The van der Waals surface area contributed by atoms with Crippen molar-refractivity contribution in [1.29, 1.82) is 5.26 Å². The van der Waals surface area contributed by atoms with Crippen LogP contribution in [0.3, 0.4) is 0 Å². The van der Waals surface area contributed by atoms with Crippen molar-refractivity contribution in [2.45, 2.75) is 13.0 Å². The lowest BCUT2D eigenvalue weighted by molar-refractivity contribution is 0.163. The Bertz CT molecular complexity index is 1230. The topological polar surface area (TPSA) is 113 Å². The highest BCUT2D eigenvalue weighted by molar-refractivity contribution is 5.80. The molecule has 0 saturated carbocycles. The van der Waals surface area contributed by atoms with Crippen molar-refractivity contribution in [3.63, 3.8) is 0 Å². The molecule has 0 fully saturated rings. The summed E-state index contributed by atoms with van der Waals surface area (Å²) in [6.45, 7) is -0.0828. The first-order chi connectivity index (χ1) is 14.6. The number of fused-ring (bicyclic) bond motifs is 1. The van der Waals surface area contributed by atoms with Crippen LogP contribution < -0.4 is 5.32 Å². The van der Waals surface area contributed by atoms with Gasteiger partial charge in [-0.1, -0.05) is 0 Å². The summed E-state index contributed by atoms with van der Waals surface area (Å²) < 4.78 is 32.4. The van der Waals surface area contributed by atoms with Crippen molar-refractivity contribution in [2.75, 3.05) is 18.5 Å². The van der Waals surface area contributed by atoms with Crippen molar-refractivity contribution in [3.8, 4) is 29.0 Å². The molecule has 4 rings (SSSR count). The van der Waals surface area contributed by atoms with Crippen molar-refractivity contribution in [3.05, 3.63) is 48.3 Å². The highest BCUT2D eigenvalue weighted by atomic mass is 19.3. The molecule has 0 spiro atoms. The summed E-state index contributed by atoms with van der Waals surface area (Å²) in [6.07, 6.45) is -0.876. The lowest BCUT2D eigenvalue weighted by Gasteiger charge is -2.08. The van der Waals surface area contributed by atoms with E-state index in [4.69, 9.17) is 9.52 Å².